The zero-order valence-corrected chi connectivity index (χ0v) is 18.6. The lowest BCUT2D eigenvalue weighted by Gasteiger charge is -2.13. The molecule has 6 heteroatoms. The van der Waals surface area contributed by atoms with Crippen LogP contribution in [-0.4, -0.2) is 18.5 Å². The Hall–Kier alpha value is -3.57. The van der Waals surface area contributed by atoms with Gasteiger partial charge in [0.1, 0.15) is 6.61 Å². The maximum absolute atomic E-state index is 12.4. The third kappa shape index (κ3) is 5.01. The number of ether oxygens (including phenoxy) is 3. The van der Waals surface area contributed by atoms with Crippen molar-refractivity contribution < 1.29 is 19.0 Å². The van der Waals surface area contributed by atoms with E-state index in [9.17, 15) is 4.79 Å². The second-order valence-electron chi connectivity index (χ2n) is 7.21. The van der Waals surface area contributed by atoms with E-state index in [0.717, 1.165) is 22.3 Å². The zero-order chi connectivity index (χ0) is 22.5. The minimum atomic E-state index is -0.482. The number of hydrogen-bond donors (Lipinski definition) is 0. The van der Waals surface area contributed by atoms with Crippen LogP contribution in [0.15, 0.2) is 77.4 Å². The lowest BCUT2D eigenvalue weighted by Crippen LogP contribution is -2.06. The highest BCUT2D eigenvalue weighted by Gasteiger charge is 2.25. The van der Waals surface area contributed by atoms with Crippen molar-refractivity contribution >= 4 is 29.5 Å². The Morgan fingerprint density at radius 1 is 1.00 bits per heavy atom. The minimum absolute atomic E-state index is 0.237. The van der Waals surface area contributed by atoms with Gasteiger partial charge in [-0.25, -0.2) is 9.79 Å². The lowest BCUT2D eigenvalue weighted by molar-refractivity contribution is -0.129. The number of carbonyl (C=O) groups is 1. The maximum atomic E-state index is 12.4. The number of nitrogens with zero attached hydrogens (tertiary/aromatic N) is 1. The van der Waals surface area contributed by atoms with Gasteiger partial charge in [0.05, 0.1) is 6.61 Å². The molecule has 4 rings (SSSR count). The van der Waals surface area contributed by atoms with Crippen LogP contribution in [0.4, 0.5) is 0 Å². The first-order valence-corrected chi connectivity index (χ1v) is 10.6. The summed E-state index contributed by atoms with van der Waals surface area (Å²) >= 11 is 5.94. The number of hydrogen-bond acceptors (Lipinski definition) is 5. The summed E-state index contributed by atoms with van der Waals surface area (Å²) in [5, 5.41) is 0.680. The Kier molecular flexibility index (Phi) is 6.57. The Labute approximate surface area is 191 Å². The summed E-state index contributed by atoms with van der Waals surface area (Å²) in [6.07, 6.45) is 1.68. The van der Waals surface area contributed by atoms with E-state index in [1.54, 1.807) is 6.08 Å². The Morgan fingerprint density at radius 2 is 1.78 bits per heavy atom. The number of halogens is 1. The van der Waals surface area contributed by atoms with Crippen LogP contribution >= 0.6 is 11.6 Å². The minimum Gasteiger partial charge on any atom is -0.490 e. The van der Waals surface area contributed by atoms with E-state index in [2.05, 4.69) is 4.99 Å². The molecule has 0 unspecified atom stereocenters. The SMILES string of the molecule is CCOc1cc(/C=C2\N=C(c3ccccc3C)OC2=O)ccc1OCc1ccc(Cl)cc1. The monoisotopic (exact) mass is 447 g/mol. The molecule has 0 fully saturated rings. The zero-order valence-electron chi connectivity index (χ0n) is 17.8. The third-order valence-corrected chi connectivity index (χ3v) is 5.13. The summed E-state index contributed by atoms with van der Waals surface area (Å²) in [6.45, 7) is 4.72. The molecule has 0 bridgehead atoms. The predicted octanol–water partition coefficient (Wildman–Crippen LogP) is 5.97. The first kappa shape index (κ1) is 21.7. The largest absolute Gasteiger partial charge is 0.490 e. The van der Waals surface area contributed by atoms with Gasteiger partial charge in [-0.2, -0.15) is 0 Å². The van der Waals surface area contributed by atoms with Crippen LogP contribution in [0.5, 0.6) is 11.5 Å². The van der Waals surface area contributed by atoms with Crippen molar-refractivity contribution in [3.8, 4) is 11.5 Å². The topological polar surface area (TPSA) is 57.1 Å². The Bertz CT molecular complexity index is 1200. The van der Waals surface area contributed by atoms with Crippen molar-refractivity contribution in [1.29, 1.82) is 0 Å². The Balaban J connectivity index is 1.56. The van der Waals surface area contributed by atoms with Gasteiger partial charge in [0, 0.05) is 10.6 Å². The average molecular weight is 448 g/mol. The second kappa shape index (κ2) is 9.71. The van der Waals surface area contributed by atoms with E-state index < -0.39 is 5.97 Å². The summed E-state index contributed by atoms with van der Waals surface area (Å²) in [7, 11) is 0. The van der Waals surface area contributed by atoms with Crippen molar-refractivity contribution in [2.75, 3.05) is 6.61 Å². The molecule has 0 N–H and O–H groups in total. The van der Waals surface area contributed by atoms with Crippen LogP contribution < -0.4 is 9.47 Å². The lowest BCUT2D eigenvalue weighted by atomic mass is 10.1. The van der Waals surface area contributed by atoms with Crippen molar-refractivity contribution in [2.24, 2.45) is 4.99 Å². The molecule has 0 aromatic heterocycles. The van der Waals surface area contributed by atoms with Crippen molar-refractivity contribution in [1.82, 2.24) is 0 Å². The predicted molar refractivity (Wildman–Crippen MR) is 125 cm³/mol. The van der Waals surface area contributed by atoms with Crippen LogP contribution in [0.3, 0.4) is 0 Å². The summed E-state index contributed by atoms with van der Waals surface area (Å²) in [6, 6.07) is 20.6. The van der Waals surface area contributed by atoms with Gasteiger partial charge >= 0.3 is 5.97 Å². The summed E-state index contributed by atoms with van der Waals surface area (Å²) < 4.78 is 17.1. The van der Waals surface area contributed by atoms with Crippen LogP contribution in [0.2, 0.25) is 5.02 Å². The van der Waals surface area contributed by atoms with Crippen molar-refractivity contribution in [3.63, 3.8) is 0 Å². The van der Waals surface area contributed by atoms with Gasteiger partial charge in [0.25, 0.3) is 0 Å². The highest BCUT2D eigenvalue weighted by atomic mass is 35.5. The molecular formula is C26H22ClNO4. The number of cyclic esters (lactones) is 1. The van der Waals surface area contributed by atoms with Gasteiger partial charge < -0.3 is 14.2 Å². The fourth-order valence-electron chi connectivity index (χ4n) is 3.24. The molecule has 0 saturated carbocycles. The molecule has 0 amide bonds. The van der Waals surface area contributed by atoms with Crippen LogP contribution in [0, 0.1) is 6.92 Å². The quantitative estimate of drug-likeness (QED) is 0.330. The van der Waals surface area contributed by atoms with Gasteiger partial charge in [-0.15, -0.1) is 0 Å². The Morgan fingerprint density at radius 3 is 2.53 bits per heavy atom. The van der Waals surface area contributed by atoms with Gasteiger partial charge in [-0.05, 0) is 66.9 Å². The number of esters is 1. The van der Waals surface area contributed by atoms with E-state index in [4.69, 9.17) is 25.8 Å². The number of aliphatic imine (C=N–C) groups is 1. The molecule has 0 radical (unpaired) electrons. The van der Waals surface area contributed by atoms with Gasteiger partial charge in [0.2, 0.25) is 5.90 Å². The highest BCUT2D eigenvalue weighted by Crippen LogP contribution is 2.31. The van der Waals surface area contributed by atoms with E-state index in [-0.39, 0.29) is 5.70 Å². The molecule has 0 saturated heterocycles. The molecule has 1 aliphatic heterocycles. The summed E-state index contributed by atoms with van der Waals surface area (Å²) in [5.41, 5.74) is 3.77. The normalized spacial score (nSPS) is 14.3. The molecule has 162 valence electrons. The summed E-state index contributed by atoms with van der Waals surface area (Å²) in [5.74, 6) is 1.03. The molecular weight excluding hydrogens is 426 g/mol. The number of rotatable bonds is 7. The number of benzene rings is 3. The van der Waals surface area contributed by atoms with Crippen LogP contribution in [0.1, 0.15) is 29.2 Å². The van der Waals surface area contributed by atoms with Crippen LogP contribution in [-0.2, 0) is 16.1 Å². The molecule has 0 atom stereocenters. The van der Waals surface area contributed by atoms with Gasteiger partial charge in [-0.3, -0.25) is 0 Å². The van der Waals surface area contributed by atoms with Gasteiger partial charge in [0.15, 0.2) is 17.2 Å². The van der Waals surface area contributed by atoms with Crippen molar-refractivity contribution in [3.05, 3.63) is 99.7 Å². The molecule has 3 aromatic carbocycles. The average Bonchev–Trinajstić information content (AvgIpc) is 3.15. The van der Waals surface area contributed by atoms with E-state index in [0.29, 0.717) is 35.6 Å². The second-order valence-corrected chi connectivity index (χ2v) is 7.64. The third-order valence-electron chi connectivity index (χ3n) is 4.87. The summed E-state index contributed by atoms with van der Waals surface area (Å²) in [4.78, 5) is 16.8. The van der Waals surface area contributed by atoms with Crippen LogP contribution in [0.25, 0.3) is 6.08 Å². The maximum Gasteiger partial charge on any atom is 0.363 e. The molecule has 0 spiro atoms. The van der Waals surface area contributed by atoms with E-state index in [1.807, 2.05) is 80.6 Å². The highest BCUT2D eigenvalue weighted by molar-refractivity contribution is 6.30. The number of aryl methyl sites for hydroxylation is 1. The standard InChI is InChI=1S/C26H22ClNO4/c1-3-30-24-15-19(10-13-23(24)31-16-18-8-11-20(27)12-9-18)14-22-26(29)32-25(28-22)21-7-5-4-6-17(21)2/h4-15H,3,16H2,1-2H3/b22-14-. The molecule has 1 heterocycles. The smallest absolute Gasteiger partial charge is 0.363 e. The molecule has 32 heavy (non-hydrogen) atoms. The van der Waals surface area contributed by atoms with Crippen molar-refractivity contribution in [2.45, 2.75) is 20.5 Å². The van der Waals surface area contributed by atoms with E-state index in [1.165, 1.54) is 0 Å². The molecule has 0 aliphatic carbocycles. The van der Waals surface area contributed by atoms with Gasteiger partial charge in [-0.1, -0.05) is 48.0 Å². The first-order chi connectivity index (χ1) is 15.5. The first-order valence-electron chi connectivity index (χ1n) is 10.3. The molecule has 3 aromatic rings. The fraction of sp³-hybridized carbons (Fsp3) is 0.154. The fourth-order valence-corrected chi connectivity index (χ4v) is 3.36. The number of carbonyl (C=O) groups excluding carboxylic acids is 1. The van der Waals surface area contributed by atoms with E-state index >= 15 is 0 Å². The molecule has 1 aliphatic rings. The molecule has 5 nitrogen and oxygen atoms in total.